The van der Waals surface area contributed by atoms with Crippen molar-refractivity contribution in [2.45, 2.75) is 117 Å². The highest BCUT2D eigenvalue weighted by atomic mass is 28.4. The highest BCUT2D eigenvalue weighted by Crippen LogP contribution is 2.64. The van der Waals surface area contributed by atoms with E-state index in [0.29, 0.717) is 30.0 Å². The van der Waals surface area contributed by atoms with Crippen molar-refractivity contribution in [3.05, 3.63) is 47.5 Å². The van der Waals surface area contributed by atoms with Gasteiger partial charge in [0.2, 0.25) is 0 Å². The Morgan fingerprint density at radius 2 is 1.55 bits per heavy atom. The quantitative estimate of drug-likeness (QED) is 0.193. The summed E-state index contributed by atoms with van der Waals surface area (Å²) in [6, 6.07) is 10.4. The highest BCUT2D eigenvalue weighted by Gasteiger charge is 2.61. The molecule has 0 unspecified atom stereocenters. The van der Waals surface area contributed by atoms with Crippen LogP contribution in [0.3, 0.4) is 0 Å². The summed E-state index contributed by atoms with van der Waals surface area (Å²) in [4.78, 5) is 6.06. The summed E-state index contributed by atoms with van der Waals surface area (Å²) in [5.74, 6) is 2.06. The molecule has 4 aliphatic carbocycles. The van der Waals surface area contributed by atoms with Gasteiger partial charge in [0.1, 0.15) is 6.61 Å². The number of rotatable bonds is 7. The maximum Gasteiger partial charge on any atom is 0.184 e. The molecule has 0 aliphatic heterocycles. The van der Waals surface area contributed by atoms with Crippen molar-refractivity contribution in [3.8, 4) is 0 Å². The first kappa shape index (κ1) is 28.3. The minimum atomic E-state index is -1.74. The van der Waals surface area contributed by atoms with Gasteiger partial charge in [0, 0.05) is 11.5 Å². The molecule has 1 aromatic rings. The van der Waals surface area contributed by atoms with Gasteiger partial charge >= 0.3 is 0 Å². The zero-order chi connectivity index (χ0) is 27.3. The third-order valence-corrected chi connectivity index (χ3v) is 12.1. The van der Waals surface area contributed by atoms with Gasteiger partial charge < -0.3 is 13.7 Å². The fraction of sp³-hybridized carbons (Fsp3) is 0.719. The maximum atomic E-state index is 6.84. The average Bonchev–Trinajstić information content (AvgIpc) is 3.09. The summed E-state index contributed by atoms with van der Waals surface area (Å²) in [6.45, 7) is 19.5. The molecule has 3 saturated carbocycles. The molecule has 0 amide bonds. The molecule has 4 aliphatic rings. The van der Waals surface area contributed by atoms with Crippen molar-refractivity contribution in [2.24, 2.45) is 33.7 Å². The van der Waals surface area contributed by atoms with E-state index in [1.165, 1.54) is 37.8 Å². The first-order chi connectivity index (χ1) is 17.8. The Morgan fingerprint density at radius 3 is 2.24 bits per heavy atom. The smallest absolute Gasteiger partial charge is 0.184 e. The molecule has 0 N–H and O–H groups in total. The predicted molar refractivity (Wildman–Crippen MR) is 162 cm³/mol. The van der Waals surface area contributed by atoms with Crippen molar-refractivity contribution >= 4 is 22.3 Å². The second-order valence-corrected chi connectivity index (χ2v) is 23.9. The van der Waals surface area contributed by atoms with E-state index in [1.54, 1.807) is 5.57 Å². The van der Waals surface area contributed by atoms with E-state index >= 15 is 0 Å². The van der Waals surface area contributed by atoms with Crippen LogP contribution in [0.2, 0.25) is 39.3 Å². The van der Waals surface area contributed by atoms with Crippen LogP contribution < -0.4 is 0 Å². The Bertz CT molecular complexity index is 1060. The lowest BCUT2D eigenvalue weighted by molar-refractivity contribution is -0.0217. The zero-order valence-corrected chi connectivity index (χ0v) is 27.2. The molecule has 5 rings (SSSR count). The third kappa shape index (κ3) is 5.66. The van der Waals surface area contributed by atoms with Gasteiger partial charge in [-0.2, -0.15) is 0 Å². The Labute approximate surface area is 233 Å². The van der Waals surface area contributed by atoms with Gasteiger partial charge in [-0.25, -0.2) is 0 Å². The number of nitrogens with zero attached hydrogens (tertiary/aromatic N) is 1. The lowest BCUT2D eigenvalue weighted by Gasteiger charge is -2.57. The van der Waals surface area contributed by atoms with Crippen molar-refractivity contribution in [1.82, 2.24) is 0 Å². The molecule has 38 heavy (non-hydrogen) atoms. The fourth-order valence-electron chi connectivity index (χ4n) is 8.46. The van der Waals surface area contributed by atoms with Crippen molar-refractivity contribution in [2.75, 3.05) is 0 Å². The summed E-state index contributed by atoms with van der Waals surface area (Å²) in [6.07, 6.45) is 11.5. The lowest BCUT2D eigenvalue weighted by atomic mass is 9.48. The summed E-state index contributed by atoms with van der Waals surface area (Å²) in [5.41, 5.74) is 4.43. The van der Waals surface area contributed by atoms with Gasteiger partial charge in [0.25, 0.3) is 0 Å². The summed E-state index contributed by atoms with van der Waals surface area (Å²) >= 11 is 0. The van der Waals surface area contributed by atoms with Gasteiger partial charge in [-0.15, -0.1) is 0 Å². The van der Waals surface area contributed by atoms with E-state index in [9.17, 15) is 0 Å². The highest BCUT2D eigenvalue weighted by molar-refractivity contribution is 6.70. The predicted octanol–water partition coefficient (Wildman–Crippen LogP) is 8.57. The number of fused-ring (bicyclic) bond motifs is 5. The number of allylic oxidation sites excluding steroid dienone is 1. The van der Waals surface area contributed by atoms with Crippen LogP contribution in [0, 0.1) is 28.6 Å². The van der Waals surface area contributed by atoms with Crippen LogP contribution in [0.25, 0.3) is 0 Å². The second-order valence-electron chi connectivity index (χ2n) is 15.0. The maximum absolute atomic E-state index is 6.84. The SMILES string of the molecule is C[C@]12CC[C@H](O[Si](C)(C)C)CC1=CC[C@@H]1[C@@H]2CC[C@]2(C)/C(=N/OCc3ccccc3)[C@@H](O[Si](C)(C)C)C[C@@H]12. The van der Waals surface area contributed by atoms with Crippen LogP contribution in [0.1, 0.15) is 64.4 Å². The van der Waals surface area contributed by atoms with Gasteiger partial charge in [-0.1, -0.05) is 61.0 Å². The van der Waals surface area contributed by atoms with E-state index < -0.39 is 16.6 Å². The van der Waals surface area contributed by atoms with E-state index in [2.05, 4.69) is 83.5 Å². The topological polar surface area (TPSA) is 40.0 Å². The van der Waals surface area contributed by atoms with E-state index in [4.69, 9.17) is 18.8 Å². The van der Waals surface area contributed by atoms with Gasteiger partial charge in [0.15, 0.2) is 16.6 Å². The van der Waals surface area contributed by atoms with Crippen molar-refractivity contribution in [3.63, 3.8) is 0 Å². The molecule has 0 bridgehead atoms. The lowest BCUT2D eigenvalue weighted by Crippen LogP contribution is -2.51. The standard InChI is InChI=1S/C32H51NO3Si2/c1-31-18-16-25(35-37(3,4)5)20-24(31)14-15-26-27(31)17-19-32(2)28(26)21-29(36-38(6,7)8)30(32)33-34-22-23-12-10-9-11-13-23/h9-14,25-29H,15-22H2,1-8H3/b33-30+/t25-,26+,27-,28-,29-,31-,32-/m0/s1. The molecular formula is C32H51NO3Si2. The molecule has 0 radical (unpaired) electrons. The second kappa shape index (κ2) is 10.3. The molecule has 3 fully saturated rings. The molecule has 4 nitrogen and oxygen atoms in total. The third-order valence-electron chi connectivity index (χ3n) is 10.1. The minimum absolute atomic E-state index is 0.0576. The number of hydrogen-bond donors (Lipinski definition) is 0. The largest absolute Gasteiger partial charge is 0.414 e. The Hall–Kier alpha value is -1.22. The fourth-order valence-corrected chi connectivity index (χ4v) is 10.7. The number of hydrogen-bond acceptors (Lipinski definition) is 4. The molecule has 0 aromatic heterocycles. The zero-order valence-electron chi connectivity index (χ0n) is 25.2. The number of oxime groups is 1. The number of benzene rings is 1. The van der Waals surface area contributed by atoms with Gasteiger partial charge in [-0.05, 0) is 113 Å². The van der Waals surface area contributed by atoms with E-state index in [1.807, 2.05) is 6.07 Å². The molecule has 0 spiro atoms. The first-order valence-corrected chi connectivity index (χ1v) is 21.9. The molecule has 0 saturated heterocycles. The first-order valence-electron chi connectivity index (χ1n) is 15.1. The average molecular weight is 554 g/mol. The normalized spacial score (nSPS) is 38.3. The van der Waals surface area contributed by atoms with Gasteiger partial charge in [0.05, 0.1) is 11.8 Å². The van der Waals surface area contributed by atoms with Crippen LogP contribution in [0.5, 0.6) is 0 Å². The van der Waals surface area contributed by atoms with Crippen LogP contribution >= 0.6 is 0 Å². The summed E-state index contributed by atoms with van der Waals surface area (Å²) in [5, 5.41) is 4.91. The molecule has 7 atom stereocenters. The van der Waals surface area contributed by atoms with Crippen LogP contribution in [0.4, 0.5) is 0 Å². The molecule has 6 heteroatoms. The molecular weight excluding hydrogens is 503 g/mol. The van der Waals surface area contributed by atoms with E-state index in [-0.39, 0.29) is 11.5 Å². The molecule has 0 heterocycles. The van der Waals surface area contributed by atoms with Crippen LogP contribution in [0.15, 0.2) is 47.1 Å². The Kier molecular flexibility index (Phi) is 7.69. The van der Waals surface area contributed by atoms with Crippen LogP contribution in [-0.4, -0.2) is 34.6 Å². The minimum Gasteiger partial charge on any atom is -0.414 e. The monoisotopic (exact) mass is 553 g/mol. The molecule has 1 aromatic carbocycles. The van der Waals surface area contributed by atoms with E-state index in [0.717, 1.165) is 24.3 Å². The molecule has 210 valence electrons. The van der Waals surface area contributed by atoms with Crippen molar-refractivity contribution < 1.29 is 13.7 Å². The Balaban J connectivity index is 1.39. The van der Waals surface area contributed by atoms with Crippen molar-refractivity contribution in [1.29, 1.82) is 0 Å². The summed E-state index contributed by atoms with van der Waals surface area (Å²) in [7, 11) is -3.26. The summed E-state index contributed by atoms with van der Waals surface area (Å²) < 4.78 is 13.4. The van der Waals surface area contributed by atoms with Gasteiger partial charge in [-0.3, -0.25) is 0 Å². The Morgan fingerprint density at radius 1 is 0.868 bits per heavy atom. The van der Waals surface area contributed by atoms with Crippen LogP contribution in [-0.2, 0) is 20.3 Å².